The Hall–Kier alpha value is -1.14. The monoisotopic (exact) mass is 329 g/mol. The second kappa shape index (κ2) is 8.64. The first-order chi connectivity index (χ1) is 10.7. The van der Waals surface area contributed by atoms with E-state index in [1.54, 1.807) is 0 Å². The third kappa shape index (κ3) is 5.77. The number of likely N-dealkylation sites (tertiary alicyclic amines) is 1. The van der Waals surface area contributed by atoms with Crippen molar-refractivity contribution in [1.82, 2.24) is 4.90 Å². The number of unbranched alkanes of at least 4 members (excludes halogenated alkanes) is 1. The molecular weight excluding hydrogens is 298 g/mol. The van der Waals surface area contributed by atoms with Crippen LogP contribution in [0.1, 0.15) is 59.8 Å². The fraction of sp³-hybridized carbons (Fsp3) is 0.882. The third-order valence-corrected chi connectivity index (χ3v) is 4.06. The van der Waals surface area contributed by atoms with Gasteiger partial charge in [-0.15, -0.1) is 0 Å². The first-order valence-electron chi connectivity index (χ1n) is 8.45. The predicted octanol–water partition coefficient (Wildman–Crippen LogP) is 1.89. The van der Waals surface area contributed by atoms with Crippen molar-refractivity contribution in [3.8, 4) is 0 Å². The summed E-state index contributed by atoms with van der Waals surface area (Å²) in [5, 5.41) is 10.3. The summed E-state index contributed by atoms with van der Waals surface area (Å²) in [5.41, 5.74) is -0.550. The van der Waals surface area contributed by atoms with Crippen molar-refractivity contribution in [2.45, 2.75) is 83.6 Å². The van der Waals surface area contributed by atoms with E-state index in [1.165, 1.54) is 7.11 Å². The molecule has 0 aliphatic carbocycles. The summed E-state index contributed by atoms with van der Waals surface area (Å²) in [4.78, 5) is 26.1. The van der Waals surface area contributed by atoms with Crippen molar-refractivity contribution < 1.29 is 24.2 Å². The molecular formula is C17H31NO5. The van der Waals surface area contributed by atoms with Crippen molar-refractivity contribution >= 4 is 11.9 Å². The second-order valence-electron chi connectivity index (χ2n) is 7.11. The quantitative estimate of drug-likeness (QED) is 0.719. The zero-order chi connectivity index (χ0) is 17.6. The van der Waals surface area contributed by atoms with Gasteiger partial charge in [-0.25, -0.2) is 4.79 Å². The Labute approximate surface area is 139 Å². The van der Waals surface area contributed by atoms with Crippen molar-refractivity contribution in [3.63, 3.8) is 0 Å². The average Bonchev–Trinajstić information content (AvgIpc) is 2.94. The highest BCUT2D eigenvalue weighted by Gasteiger charge is 2.42. The molecule has 3 atom stereocenters. The SMILES string of the molecule is CCCCC([C@H](O)C(=O)OC)N1CCC[C@H]1C(=O)OC(C)(C)C. The molecule has 0 saturated carbocycles. The predicted molar refractivity (Wildman–Crippen MR) is 86.9 cm³/mol. The molecule has 1 unspecified atom stereocenters. The highest BCUT2D eigenvalue weighted by molar-refractivity contribution is 5.78. The Morgan fingerprint density at radius 1 is 1.35 bits per heavy atom. The number of rotatable bonds is 7. The molecule has 6 nitrogen and oxygen atoms in total. The number of aliphatic hydroxyl groups excluding tert-OH is 1. The summed E-state index contributed by atoms with van der Waals surface area (Å²) in [6.07, 6.45) is 2.76. The number of ether oxygens (including phenoxy) is 2. The van der Waals surface area contributed by atoms with Crippen LogP contribution in [0.25, 0.3) is 0 Å². The smallest absolute Gasteiger partial charge is 0.336 e. The standard InChI is InChI=1S/C17H31NO5/c1-6-7-9-12(14(19)16(21)22-5)18-11-8-10-13(18)15(20)23-17(2,3)4/h12-14,19H,6-11H2,1-5H3/t12?,13-,14-/m0/s1. The van der Waals surface area contributed by atoms with E-state index < -0.39 is 29.8 Å². The van der Waals surface area contributed by atoms with Crippen LogP contribution in [-0.4, -0.2) is 59.4 Å². The van der Waals surface area contributed by atoms with Crippen molar-refractivity contribution in [3.05, 3.63) is 0 Å². The average molecular weight is 329 g/mol. The lowest BCUT2D eigenvalue weighted by molar-refractivity contribution is -0.165. The first-order valence-corrected chi connectivity index (χ1v) is 8.45. The van der Waals surface area contributed by atoms with Gasteiger partial charge in [0.25, 0.3) is 0 Å². The Morgan fingerprint density at radius 3 is 2.52 bits per heavy atom. The van der Waals surface area contributed by atoms with Crippen LogP contribution in [0, 0.1) is 0 Å². The first kappa shape index (κ1) is 19.9. The maximum atomic E-state index is 12.4. The molecule has 0 spiro atoms. The summed E-state index contributed by atoms with van der Waals surface area (Å²) in [7, 11) is 1.26. The van der Waals surface area contributed by atoms with E-state index in [9.17, 15) is 14.7 Å². The molecule has 1 N–H and O–H groups in total. The van der Waals surface area contributed by atoms with Crippen molar-refractivity contribution in [2.24, 2.45) is 0 Å². The van der Waals surface area contributed by atoms with Crippen LogP contribution < -0.4 is 0 Å². The molecule has 6 heteroatoms. The van der Waals surface area contributed by atoms with Crippen molar-refractivity contribution in [1.29, 1.82) is 0 Å². The van der Waals surface area contributed by atoms with E-state index in [0.717, 1.165) is 19.3 Å². The lowest BCUT2D eigenvalue weighted by Crippen LogP contribution is -2.52. The molecule has 1 aliphatic rings. The molecule has 134 valence electrons. The fourth-order valence-electron chi connectivity index (χ4n) is 3.01. The Kier molecular flexibility index (Phi) is 7.48. The molecule has 23 heavy (non-hydrogen) atoms. The summed E-state index contributed by atoms with van der Waals surface area (Å²) in [5.74, 6) is -0.936. The minimum atomic E-state index is -1.24. The summed E-state index contributed by atoms with van der Waals surface area (Å²) in [6.45, 7) is 8.23. The summed E-state index contributed by atoms with van der Waals surface area (Å²) in [6, 6.07) is -0.821. The highest BCUT2D eigenvalue weighted by atomic mass is 16.6. The van der Waals surface area contributed by atoms with Crippen LogP contribution in [0.4, 0.5) is 0 Å². The van der Waals surface area contributed by atoms with Crippen LogP contribution in [0.3, 0.4) is 0 Å². The Morgan fingerprint density at radius 2 is 2.00 bits per heavy atom. The third-order valence-electron chi connectivity index (χ3n) is 4.06. The molecule has 0 radical (unpaired) electrons. The Balaban J connectivity index is 2.90. The lowest BCUT2D eigenvalue weighted by atomic mass is 10.0. The van der Waals surface area contributed by atoms with E-state index in [4.69, 9.17) is 4.74 Å². The van der Waals surface area contributed by atoms with E-state index >= 15 is 0 Å². The molecule has 0 aromatic rings. The second-order valence-corrected chi connectivity index (χ2v) is 7.11. The van der Waals surface area contributed by atoms with Gasteiger partial charge in [0.05, 0.1) is 7.11 Å². The van der Waals surface area contributed by atoms with Crippen LogP contribution >= 0.6 is 0 Å². The van der Waals surface area contributed by atoms with Crippen LogP contribution in [0.15, 0.2) is 0 Å². The lowest BCUT2D eigenvalue weighted by Gasteiger charge is -2.35. The molecule has 0 aromatic carbocycles. The van der Waals surface area contributed by atoms with E-state index in [-0.39, 0.29) is 5.97 Å². The van der Waals surface area contributed by atoms with Crippen LogP contribution in [0.5, 0.6) is 0 Å². The molecule has 0 amide bonds. The molecule has 0 bridgehead atoms. The van der Waals surface area contributed by atoms with Gasteiger partial charge in [0.2, 0.25) is 0 Å². The van der Waals surface area contributed by atoms with Gasteiger partial charge in [0, 0.05) is 6.04 Å². The number of carbonyl (C=O) groups is 2. The summed E-state index contributed by atoms with van der Waals surface area (Å²) < 4.78 is 10.2. The zero-order valence-electron chi connectivity index (χ0n) is 15.0. The fourth-order valence-corrected chi connectivity index (χ4v) is 3.01. The normalized spacial score (nSPS) is 21.7. The zero-order valence-corrected chi connectivity index (χ0v) is 15.0. The molecule has 0 aromatic heterocycles. The highest BCUT2D eigenvalue weighted by Crippen LogP contribution is 2.27. The number of aliphatic hydroxyl groups is 1. The summed E-state index contributed by atoms with van der Waals surface area (Å²) >= 11 is 0. The maximum absolute atomic E-state index is 12.4. The topological polar surface area (TPSA) is 76.1 Å². The number of esters is 2. The van der Waals surface area contributed by atoms with Gasteiger partial charge in [-0.05, 0) is 46.6 Å². The van der Waals surface area contributed by atoms with E-state index in [0.29, 0.717) is 19.4 Å². The van der Waals surface area contributed by atoms with Gasteiger partial charge in [-0.3, -0.25) is 9.69 Å². The van der Waals surface area contributed by atoms with E-state index in [1.807, 2.05) is 25.7 Å². The van der Waals surface area contributed by atoms with Gasteiger partial charge in [-0.2, -0.15) is 0 Å². The van der Waals surface area contributed by atoms with Crippen LogP contribution in [0.2, 0.25) is 0 Å². The maximum Gasteiger partial charge on any atom is 0.336 e. The number of hydrogen-bond acceptors (Lipinski definition) is 6. The van der Waals surface area contributed by atoms with Gasteiger partial charge >= 0.3 is 11.9 Å². The molecule has 1 rings (SSSR count). The molecule has 1 heterocycles. The minimum Gasteiger partial charge on any atom is -0.467 e. The van der Waals surface area contributed by atoms with Gasteiger partial charge in [0.15, 0.2) is 6.10 Å². The number of nitrogens with zero attached hydrogens (tertiary/aromatic N) is 1. The van der Waals surface area contributed by atoms with Crippen LogP contribution in [-0.2, 0) is 19.1 Å². The van der Waals surface area contributed by atoms with E-state index in [2.05, 4.69) is 11.7 Å². The molecule has 1 saturated heterocycles. The molecule has 1 aliphatic heterocycles. The van der Waals surface area contributed by atoms with Gasteiger partial charge in [-0.1, -0.05) is 19.8 Å². The molecule has 1 fully saturated rings. The van der Waals surface area contributed by atoms with Crippen molar-refractivity contribution in [2.75, 3.05) is 13.7 Å². The Bertz CT molecular complexity index is 404. The van der Waals surface area contributed by atoms with Gasteiger partial charge < -0.3 is 14.6 Å². The minimum absolute atomic E-state index is 0.284. The number of methoxy groups -OCH3 is 1. The van der Waals surface area contributed by atoms with Gasteiger partial charge in [0.1, 0.15) is 11.6 Å². The number of hydrogen-bond donors (Lipinski definition) is 1. The largest absolute Gasteiger partial charge is 0.467 e. The number of carbonyl (C=O) groups excluding carboxylic acids is 2.